The maximum absolute atomic E-state index is 12.5. The van der Waals surface area contributed by atoms with E-state index in [4.69, 9.17) is 4.52 Å². The van der Waals surface area contributed by atoms with E-state index in [0.29, 0.717) is 18.0 Å². The summed E-state index contributed by atoms with van der Waals surface area (Å²) in [6.07, 6.45) is 0. The standard InChI is InChI=1S/C16H20F2N4O2/c1-2-21-7-9-22(10-8-21)11-14-19-15(20-24-14)12-5-3-4-6-13(12)23-16(17)18/h3-6,16H,2,7-11H2,1H3. The van der Waals surface area contributed by atoms with Gasteiger partial charge in [-0.3, -0.25) is 4.90 Å². The maximum atomic E-state index is 12.5. The molecule has 2 aromatic rings. The summed E-state index contributed by atoms with van der Waals surface area (Å²) in [5, 5.41) is 3.90. The van der Waals surface area contributed by atoms with Gasteiger partial charge in [0.25, 0.3) is 0 Å². The highest BCUT2D eigenvalue weighted by Crippen LogP contribution is 2.29. The third-order valence-electron chi connectivity index (χ3n) is 4.08. The topological polar surface area (TPSA) is 54.6 Å². The normalized spacial score (nSPS) is 16.7. The van der Waals surface area contributed by atoms with Crippen LogP contribution in [0.15, 0.2) is 28.8 Å². The molecule has 130 valence electrons. The molecule has 0 aliphatic carbocycles. The molecule has 0 bridgehead atoms. The van der Waals surface area contributed by atoms with Gasteiger partial charge in [-0.1, -0.05) is 24.2 Å². The zero-order chi connectivity index (χ0) is 16.9. The van der Waals surface area contributed by atoms with E-state index < -0.39 is 6.61 Å². The Morgan fingerprint density at radius 2 is 1.88 bits per heavy atom. The van der Waals surface area contributed by atoms with Gasteiger partial charge in [-0.05, 0) is 18.7 Å². The van der Waals surface area contributed by atoms with Gasteiger partial charge in [-0.2, -0.15) is 13.8 Å². The van der Waals surface area contributed by atoms with Crippen LogP contribution in [0.3, 0.4) is 0 Å². The summed E-state index contributed by atoms with van der Waals surface area (Å²) in [6.45, 7) is 4.78. The van der Waals surface area contributed by atoms with Gasteiger partial charge in [0.15, 0.2) is 0 Å². The van der Waals surface area contributed by atoms with Crippen LogP contribution in [0.1, 0.15) is 12.8 Å². The van der Waals surface area contributed by atoms with E-state index in [1.165, 1.54) is 6.07 Å². The van der Waals surface area contributed by atoms with Crippen molar-refractivity contribution >= 4 is 0 Å². The second-order valence-corrected chi connectivity index (χ2v) is 5.60. The molecular formula is C16H20F2N4O2. The second-order valence-electron chi connectivity index (χ2n) is 5.60. The number of halogens is 2. The Labute approximate surface area is 139 Å². The first kappa shape index (κ1) is 16.8. The van der Waals surface area contributed by atoms with Crippen LogP contribution in [0.5, 0.6) is 5.75 Å². The van der Waals surface area contributed by atoms with E-state index in [2.05, 4.69) is 31.6 Å². The quantitative estimate of drug-likeness (QED) is 0.807. The van der Waals surface area contributed by atoms with Crippen LogP contribution in [0.25, 0.3) is 11.4 Å². The summed E-state index contributed by atoms with van der Waals surface area (Å²) < 4.78 is 34.8. The summed E-state index contributed by atoms with van der Waals surface area (Å²) >= 11 is 0. The van der Waals surface area contributed by atoms with Gasteiger partial charge in [-0.15, -0.1) is 0 Å². The van der Waals surface area contributed by atoms with Crippen molar-refractivity contribution < 1.29 is 18.0 Å². The number of hydrogen-bond donors (Lipinski definition) is 0. The number of likely N-dealkylation sites (N-methyl/N-ethyl adjacent to an activating group) is 1. The molecule has 0 amide bonds. The van der Waals surface area contributed by atoms with E-state index >= 15 is 0 Å². The van der Waals surface area contributed by atoms with Crippen LogP contribution in [-0.4, -0.2) is 59.3 Å². The van der Waals surface area contributed by atoms with Crippen molar-refractivity contribution in [2.24, 2.45) is 0 Å². The molecule has 0 saturated carbocycles. The molecule has 1 saturated heterocycles. The highest BCUT2D eigenvalue weighted by atomic mass is 19.3. The molecule has 6 nitrogen and oxygen atoms in total. The Hall–Kier alpha value is -2.06. The van der Waals surface area contributed by atoms with Crippen molar-refractivity contribution in [3.05, 3.63) is 30.2 Å². The molecule has 1 fully saturated rings. The molecule has 0 unspecified atom stereocenters. The number of nitrogens with zero attached hydrogens (tertiary/aromatic N) is 4. The lowest BCUT2D eigenvalue weighted by Crippen LogP contribution is -2.45. The fourth-order valence-electron chi connectivity index (χ4n) is 2.73. The predicted molar refractivity (Wildman–Crippen MR) is 83.8 cm³/mol. The minimum absolute atomic E-state index is 0.0383. The summed E-state index contributed by atoms with van der Waals surface area (Å²) in [7, 11) is 0. The average molecular weight is 338 g/mol. The SMILES string of the molecule is CCN1CCN(Cc2nc(-c3ccccc3OC(F)F)no2)CC1. The van der Waals surface area contributed by atoms with Crippen LogP contribution < -0.4 is 4.74 Å². The van der Waals surface area contributed by atoms with E-state index in [1.54, 1.807) is 18.2 Å². The highest BCUT2D eigenvalue weighted by molar-refractivity contribution is 5.63. The van der Waals surface area contributed by atoms with Crippen LogP contribution in [0.4, 0.5) is 8.78 Å². The Kier molecular flexibility index (Phi) is 5.37. The summed E-state index contributed by atoms with van der Waals surface area (Å²) in [5.41, 5.74) is 0.392. The second kappa shape index (κ2) is 7.67. The molecule has 1 aliphatic rings. The smallest absolute Gasteiger partial charge is 0.387 e. The number of benzene rings is 1. The van der Waals surface area contributed by atoms with E-state index in [1.807, 2.05) is 0 Å². The van der Waals surface area contributed by atoms with Gasteiger partial charge in [0.2, 0.25) is 11.7 Å². The van der Waals surface area contributed by atoms with Gasteiger partial charge < -0.3 is 14.2 Å². The lowest BCUT2D eigenvalue weighted by atomic mass is 10.2. The molecule has 1 aliphatic heterocycles. The third kappa shape index (κ3) is 4.07. The largest absolute Gasteiger partial charge is 0.434 e. The fraction of sp³-hybridized carbons (Fsp3) is 0.500. The van der Waals surface area contributed by atoms with Crippen molar-refractivity contribution in [3.8, 4) is 17.1 Å². The summed E-state index contributed by atoms with van der Waals surface area (Å²) in [6, 6.07) is 6.43. The van der Waals surface area contributed by atoms with Crippen molar-refractivity contribution in [2.45, 2.75) is 20.1 Å². The Balaban J connectivity index is 1.68. The molecule has 1 aromatic heterocycles. The van der Waals surface area contributed by atoms with Gasteiger partial charge in [0.1, 0.15) is 5.75 Å². The molecule has 0 spiro atoms. The Morgan fingerprint density at radius 3 is 2.58 bits per heavy atom. The molecule has 0 atom stereocenters. The average Bonchev–Trinajstić information content (AvgIpc) is 3.04. The Bertz CT molecular complexity index is 657. The monoisotopic (exact) mass is 338 g/mol. The number of aromatic nitrogens is 2. The molecule has 2 heterocycles. The number of rotatable bonds is 6. The number of hydrogen-bond acceptors (Lipinski definition) is 6. The molecule has 24 heavy (non-hydrogen) atoms. The van der Waals surface area contributed by atoms with Gasteiger partial charge in [-0.25, -0.2) is 0 Å². The number of ether oxygens (including phenoxy) is 1. The van der Waals surface area contributed by atoms with Gasteiger partial charge in [0.05, 0.1) is 12.1 Å². The zero-order valence-corrected chi connectivity index (χ0v) is 13.5. The van der Waals surface area contributed by atoms with E-state index in [0.717, 1.165) is 32.7 Å². The summed E-state index contributed by atoms with van der Waals surface area (Å²) in [4.78, 5) is 8.95. The molecule has 1 aromatic carbocycles. The Morgan fingerprint density at radius 1 is 1.17 bits per heavy atom. The van der Waals surface area contributed by atoms with Crippen LogP contribution >= 0.6 is 0 Å². The van der Waals surface area contributed by atoms with Gasteiger partial charge >= 0.3 is 6.61 Å². The first-order chi connectivity index (χ1) is 11.7. The lowest BCUT2D eigenvalue weighted by Gasteiger charge is -2.33. The molecule has 8 heteroatoms. The molecule has 0 radical (unpaired) electrons. The fourth-order valence-corrected chi connectivity index (χ4v) is 2.73. The first-order valence-corrected chi connectivity index (χ1v) is 7.97. The number of piperazine rings is 1. The minimum Gasteiger partial charge on any atom is -0.434 e. The zero-order valence-electron chi connectivity index (χ0n) is 13.5. The van der Waals surface area contributed by atoms with E-state index in [9.17, 15) is 8.78 Å². The lowest BCUT2D eigenvalue weighted by molar-refractivity contribution is -0.0494. The molecular weight excluding hydrogens is 318 g/mol. The van der Waals surface area contributed by atoms with Crippen molar-refractivity contribution in [2.75, 3.05) is 32.7 Å². The number of alkyl halides is 2. The van der Waals surface area contributed by atoms with Gasteiger partial charge in [0, 0.05) is 26.2 Å². The van der Waals surface area contributed by atoms with Crippen molar-refractivity contribution in [1.29, 1.82) is 0 Å². The molecule has 3 rings (SSSR count). The third-order valence-corrected chi connectivity index (χ3v) is 4.08. The van der Waals surface area contributed by atoms with Crippen molar-refractivity contribution in [3.63, 3.8) is 0 Å². The van der Waals surface area contributed by atoms with Crippen molar-refractivity contribution in [1.82, 2.24) is 19.9 Å². The highest BCUT2D eigenvalue weighted by Gasteiger charge is 2.20. The molecule has 0 N–H and O–H groups in total. The minimum atomic E-state index is -2.90. The maximum Gasteiger partial charge on any atom is 0.387 e. The first-order valence-electron chi connectivity index (χ1n) is 7.97. The predicted octanol–water partition coefficient (Wildman–Crippen LogP) is 2.48. The number of para-hydroxylation sites is 1. The van der Waals surface area contributed by atoms with Crippen LogP contribution in [0.2, 0.25) is 0 Å². The van der Waals surface area contributed by atoms with E-state index in [-0.39, 0.29) is 11.6 Å². The van der Waals surface area contributed by atoms with Crippen LogP contribution in [-0.2, 0) is 6.54 Å². The summed E-state index contributed by atoms with van der Waals surface area (Å²) in [5.74, 6) is 0.770. The van der Waals surface area contributed by atoms with Crippen LogP contribution in [0, 0.1) is 0 Å².